The van der Waals surface area contributed by atoms with Crippen LogP contribution in [0.3, 0.4) is 0 Å². The average Bonchev–Trinajstić information content (AvgIpc) is 3.49. The summed E-state index contributed by atoms with van der Waals surface area (Å²) in [5.74, 6) is -0.837. The number of carbonyl (C=O) groups is 2. The van der Waals surface area contributed by atoms with Crippen LogP contribution < -0.4 is 15.6 Å². The number of nitrogens with one attached hydrogen (secondary N) is 1. The fraction of sp³-hybridized carbons (Fsp3) is 0.500. The van der Waals surface area contributed by atoms with Crippen LogP contribution in [0.2, 0.25) is 0 Å². The maximum atomic E-state index is 15.3. The zero-order valence-corrected chi connectivity index (χ0v) is 23.0. The van der Waals surface area contributed by atoms with E-state index in [0.29, 0.717) is 50.5 Å². The van der Waals surface area contributed by atoms with E-state index in [1.807, 2.05) is 16.4 Å². The van der Waals surface area contributed by atoms with E-state index in [2.05, 4.69) is 12.2 Å². The molecule has 1 aliphatic heterocycles. The number of furan rings is 1. The first-order valence-corrected chi connectivity index (χ1v) is 14.2. The molecular formula is C30H39FN4O4. The van der Waals surface area contributed by atoms with Gasteiger partial charge in [-0.2, -0.15) is 0 Å². The lowest BCUT2D eigenvalue weighted by atomic mass is 10.1. The molecular weight excluding hydrogens is 499 g/mol. The topological polar surface area (TPSA) is 87.8 Å². The van der Waals surface area contributed by atoms with E-state index in [1.54, 1.807) is 29.3 Å². The molecule has 210 valence electrons. The van der Waals surface area contributed by atoms with Crippen molar-refractivity contribution < 1.29 is 18.4 Å². The van der Waals surface area contributed by atoms with Gasteiger partial charge in [-0.05, 0) is 37.6 Å². The van der Waals surface area contributed by atoms with E-state index >= 15 is 4.39 Å². The number of amides is 2. The van der Waals surface area contributed by atoms with Crippen LogP contribution in [-0.2, 0) is 6.54 Å². The van der Waals surface area contributed by atoms with Crippen molar-refractivity contribution in [3.63, 3.8) is 0 Å². The summed E-state index contributed by atoms with van der Waals surface area (Å²) in [6, 6.07) is 6.23. The predicted molar refractivity (Wildman–Crippen MR) is 151 cm³/mol. The Kier molecular flexibility index (Phi) is 9.79. The summed E-state index contributed by atoms with van der Waals surface area (Å²) in [7, 11) is 0. The minimum atomic E-state index is -0.520. The van der Waals surface area contributed by atoms with Crippen molar-refractivity contribution in [2.45, 2.75) is 65.3 Å². The van der Waals surface area contributed by atoms with Gasteiger partial charge < -0.3 is 24.1 Å². The van der Waals surface area contributed by atoms with Crippen molar-refractivity contribution in [3.05, 3.63) is 64.1 Å². The number of carbonyl (C=O) groups excluding carboxylic acids is 2. The van der Waals surface area contributed by atoms with Gasteiger partial charge in [-0.25, -0.2) is 4.39 Å². The lowest BCUT2D eigenvalue weighted by Crippen LogP contribution is -2.49. The maximum Gasteiger partial charge on any atom is 0.289 e. The highest BCUT2D eigenvalue weighted by molar-refractivity contribution is 5.98. The quantitative estimate of drug-likeness (QED) is 0.321. The zero-order chi connectivity index (χ0) is 27.8. The zero-order valence-electron chi connectivity index (χ0n) is 23.0. The Balaban J connectivity index is 1.44. The molecule has 0 atom stereocenters. The second kappa shape index (κ2) is 13.4. The van der Waals surface area contributed by atoms with Gasteiger partial charge in [0.05, 0.1) is 17.5 Å². The van der Waals surface area contributed by atoms with Crippen LogP contribution in [0, 0.1) is 5.82 Å². The number of anilines is 1. The monoisotopic (exact) mass is 538 g/mol. The van der Waals surface area contributed by atoms with Gasteiger partial charge in [0.1, 0.15) is 11.4 Å². The van der Waals surface area contributed by atoms with Crippen molar-refractivity contribution in [1.29, 1.82) is 0 Å². The first kappa shape index (κ1) is 28.4. The van der Waals surface area contributed by atoms with Crippen LogP contribution in [0.4, 0.5) is 10.1 Å². The second-order valence-corrected chi connectivity index (χ2v) is 10.1. The van der Waals surface area contributed by atoms with Crippen LogP contribution in [0.1, 0.15) is 79.7 Å². The molecule has 1 aromatic carbocycles. The fourth-order valence-corrected chi connectivity index (χ4v) is 5.15. The number of hydrogen-bond acceptors (Lipinski definition) is 5. The summed E-state index contributed by atoms with van der Waals surface area (Å²) in [5, 5.41) is 3.05. The third-order valence-corrected chi connectivity index (χ3v) is 7.44. The number of unbranched alkanes of at least 4 members (excludes halogenated alkanes) is 6. The molecule has 8 nitrogen and oxygen atoms in total. The minimum absolute atomic E-state index is 0.0319. The van der Waals surface area contributed by atoms with Gasteiger partial charge in [-0.1, -0.05) is 45.4 Å². The number of rotatable bonds is 12. The molecule has 1 saturated heterocycles. The molecule has 9 heteroatoms. The van der Waals surface area contributed by atoms with Crippen LogP contribution in [0.25, 0.3) is 10.9 Å². The number of hydrogen-bond donors (Lipinski definition) is 1. The molecule has 1 aliphatic rings. The van der Waals surface area contributed by atoms with Crippen molar-refractivity contribution in [1.82, 2.24) is 14.8 Å². The third-order valence-electron chi connectivity index (χ3n) is 7.44. The largest absolute Gasteiger partial charge is 0.459 e. The molecule has 39 heavy (non-hydrogen) atoms. The molecule has 0 radical (unpaired) electrons. The number of piperazine rings is 1. The normalized spacial score (nSPS) is 13.7. The van der Waals surface area contributed by atoms with Gasteiger partial charge in [0.25, 0.3) is 11.8 Å². The van der Waals surface area contributed by atoms with E-state index in [4.69, 9.17) is 4.42 Å². The first-order valence-electron chi connectivity index (χ1n) is 14.2. The van der Waals surface area contributed by atoms with Gasteiger partial charge in [0, 0.05) is 50.9 Å². The highest BCUT2D eigenvalue weighted by atomic mass is 19.1. The van der Waals surface area contributed by atoms with Crippen molar-refractivity contribution >= 4 is 28.4 Å². The number of aryl methyl sites for hydroxylation is 1. The maximum absolute atomic E-state index is 15.3. The van der Waals surface area contributed by atoms with Gasteiger partial charge in [0.2, 0.25) is 5.43 Å². The molecule has 1 fully saturated rings. The Morgan fingerprint density at radius 2 is 1.72 bits per heavy atom. The number of nitrogens with zero attached hydrogens (tertiary/aromatic N) is 3. The Morgan fingerprint density at radius 3 is 2.38 bits per heavy atom. The lowest BCUT2D eigenvalue weighted by Gasteiger charge is -2.36. The van der Waals surface area contributed by atoms with Gasteiger partial charge in [0.15, 0.2) is 5.76 Å². The second-order valence-electron chi connectivity index (χ2n) is 10.1. The highest BCUT2D eigenvalue weighted by Crippen LogP contribution is 2.27. The van der Waals surface area contributed by atoms with E-state index < -0.39 is 17.2 Å². The summed E-state index contributed by atoms with van der Waals surface area (Å²) < 4.78 is 22.4. The van der Waals surface area contributed by atoms with Crippen LogP contribution >= 0.6 is 0 Å². The predicted octanol–water partition coefficient (Wildman–Crippen LogP) is 5.20. The summed E-state index contributed by atoms with van der Waals surface area (Å²) >= 11 is 0. The van der Waals surface area contributed by atoms with Crippen molar-refractivity contribution in [3.8, 4) is 0 Å². The molecule has 0 bridgehead atoms. The standard InChI is InChI=1S/C30H39FN4O4/c1-3-5-6-7-8-9-10-13-32-29(37)23-21-33(4-2)25-20-26(24(31)19-22(25)28(23)36)34-14-16-35(17-15-34)30(38)27-12-11-18-39-27/h11-12,18-21H,3-10,13-17H2,1-2H3,(H,32,37). The highest BCUT2D eigenvalue weighted by Gasteiger charge is 2.26. The van der Waals surface area contributed by atoms with Crippen molar-refractivity contribution in [2.24, 2.45) is 0 Å². The lowest BCUT2D eigenvalue weighted by molar-refractivity contribution is 0.0714. The molecule has 2 amide bonds. The number of pyridine rings is 1. The summed E-state index contributed by atoms with van der Waals surface area (Å²) in [4.78, 5) is 42.2. The summed E-state index contributed by atoms with van der Waals surface area (Å²) in [6.07, 6.45) is 11.0. The van der Waals surface area contributed by atoms with Crippen molar-refractivity contribution in [2.75, 3.05) is 37.6 Å². The molecule has 0 saturated carbocycles. The van der Waals surface area contributed by atoms with Crippen LogP contribution in [0.15, 0.2) is 45.9 Å². The first-order chi connectivity index (χ1) is 18.9. The Hall–Kier alpha value is -3.62. The van der Waals surface area contributed by atoms with Gasteiger partial charge in [-0.15, -0.1) is 0 Å². The Labute approximate surface area is 228 Å². The smallest absolute Gasteiger partial charge is 0.289 e. The third kappa shape index (κ3) is 6.69. The SMILES string of the molecule is CCCCCCCCCNC(=O)c1cn(CC)c2cc(N3CCN(C(=O)c4ccco4)CC3)c(F)cc2c1=O. The Bertz CT molecular complexity index is 1330. The number of aromatic nitrogens is 1. The molecule has 0 unspecified atom stereocenters. The number of benzene rings is 1. The van der Waals surface area contributed by atoms with Gasteiger partial charge in [-0.3, -0.25) is 14.4 Å². The molecule has 4 rings (SSSR count). The number of halogens is 1. The van der Waals surface area contributed by atoms with E-state index in [1.165, 1.54) is 38.0 Å². The summed E-state index contributed by atoms with van der Waals surface area (Å²) in [5.41, 5.74) is 0.525. The molecule has 1 N–H and O–H groups in total. The molecule has 3 heterocycles. The van der Waals surface area contributed by atoms with Crippen LogP contribution in [0.5, 0.6) is 0 Å². The summed E-state index contributed by atoms with van der Waals surface area (Å²) in [6.45, 7) is 6.90. The Morgan fingerprint density at radius 1 is 1.00 bits per heavy atom. The minimum Gasteiger partial charge on any atom is -0.459 e. The van der Waals surface area contributed by atoms with E-state index in [-0.39, 0.29) is 22.6 Å². The number of fused-ring (bicyclic) bond motifs is 1. The van der Waals surface area contributed by atoms with E-state index in [9.17, 15) is 14.4 Å². The fourth-order valence-electron chi connectivity index (χ4n) is 5.15. The van der Waals surface area contributed by atoms with Crippen LogP contribution in [-0.4, -0.2) is 54.0 Å². The molecule has 0 aliphatic carbocycles. The molecule has 0 spiro atoms. The van der Waals surface area contributed by atoms with Gasteiger partial charge >= 0.3 is 0 Å². The average molecular weight is 539 g/mol. The van der Waals surface area contributed by atoms with E-state index in [0.717, 1.165) is 19.3 Å². The molecule has 3 aromatic rings. The molecule has 2 aromatic heterocycles.